The van der Waals surface area contributed by atoms with Crippen LogP contribution in [0.2, 0.25) is 5.02 Å². The minimum Gasteiger partial charge on any atom is -0.390 e. The van der Waals surface area contributed by atoms with Crippen molar-refractivity contribution in [1.82, 2.24) is 24.7 Å². The summed E-state index contributed by atoms with van der Waals surface area (Å²) in [7, 11) is 0. The molecular formula is C6H3ClN6O3. The lowest BCUT2D eigenvalue weighted by Crippen LogP contribution is -2.12. The van der Waals surface area contributed by atoms with Gasteiger partial charge in [-0.3, -0.25) is 4.79 Å². The Bertz CT molecular complexity index is 604. The van der Waals surface area contributed by atoms with Crippen LogP contribution >= 0.6 is 11.6 Å². The zero-order chi connectivity index (χ0) is 11.7. The predicted octanol–water partition coefficient (Wildman–Crippen LogP) is -0.0878. The van der Waals surface area contributed by atoms with Crippen molar-refractivity contribution in [3.63, 3.8) is 0 Å². The van der Waals surface area contributed by atoms with Crippen molar-refractivity contribution in [3.05, 3.63) is 38.1 Å². The highest BCUT2D eigenvalue weighted by Crippen LogP contribution is 2.12. The number of H-pyrrole nitrogens is 1. The van der Waals surface area contributed by atoms with Crippen LogP contribution in [0, 0.1) is 10.1 Å². The third kappa shape index (κ3) is 1.63. The van der Waals surface area contributed by atoms with Crippen LogP contribution in [-0.2, 0) is 0 Å². The van der Waals surface area contributed by atoms with Crippen molar-refractivity contribution in [2.45, 2.75) is 0 Å². The summed E-state index contributed by atoms with van der Waals surface area (Å²) >= 11 is 5.65. The lowest BCUT2D eigenvalue weighted by Gasteiger charge is -1.95. The van der Waals surface area contributed by atoms with E-state index in [2.05, 4.69) is 20.1 Å². The van der Waals surface area contributed by atoms with Crippen molar-refractivity contribution < 1.29 is 4.92 Å². The van der Waals surface area contributed by atoms with Gasteiger partial charge in [0.05, 0.1) is 6.33 Å². The van der Waals surface area contributed by atoms with Gasteiger partial charge in [0.1, 0.15) is 0 Å². The zero-order valence-corrected chi connectivity index (χ0v) is 8.25. The first-order valence-electron chi connectivity index (χ1n) is 3.89. The maximum atomic E-state index is 11.1. The second kappa shape index (κ2) is 3.70. The highest BCUT2D eigenvalue weighted by Gasteiger charge is 2.18. The summed E-state index contributed by atoms with van der Waals surface area (Å²) in [5.74, 6) is -0.621. The van der Waals surface area contributed by atoms with Crippen molar-refractivity contribution in [1.29, 1.82) is 0 Å². The molecule has 1 N–H and O–H groups in total. The van der Waals surface area contributed by atoms with Crippen molar-refractivity contribution in [2.75, 3.05) is 0 Å². The Morgan fingerprint density at radius 2 is 2.25 bits per heavy atom. The molecule has 0 aliphatic carbocycles. The summed E-state index contributed by atoms with van der Waals surface area (Å²) in [4.78, 5) is 30.1. The van der Waals surface area contributed by atoms with Gasteiger partial charge in [-0.1, -0.05) is 16.6 Å². The molecule has 9 nitrogen and oxygen atoms in total. The number of aromatic amines is 1. The summed E-state index contributed by atoms with van der Waals surface area (Å²) in [5.41, 5.74) is -0.565. The van der Waals surface area contributed by atoms with E-state index in [1.165, 1.54) is 0 Å². The summed E-state index contributed by atoms with van der Waals surface area (Å²) in [6, 6.07) is 0. The van der Waals surface area contributed by atoms with Crippen molar-refractivity contribution in [3.8, 4) is 5.82 Å². The van der Waals surface area contributed by atoms with Gasteiger partial charge in [-0.2, -0.15) is 0 Å². The zero-order valence-electron chi connectivity index (χ0n) is 7.49. The number of halogens is 1. The SMILES string of the molecule is O=c1[nH]cnc(-n2cnc([N+](=O)[O-])n2)c1Cl. The number of nitrogens with zero attached hydrogens (tertiary/aromatic N) is 5. The predicted molar refractivity (Wildman–Crippen MR) is 51.4 cm³/mol. The van der Waals surface area contributed by atoms with Crippen LogP contribution in [-0.4, -0.2) is 29.7 Å². The Labute approximate surface area is 91.9 Å². The average molecular weight is 243 g/mol. The first kappa shape index (κ1) is 10.2. The quantitative estimate of drug-likeness (QED) is 0.580. The first-order valence-corrected chi connectivity index (χ1v) is 4.27. The molecule has 2 aromatic rings. The molecule has 2 heterocycles. The molecule has 0 radical (unpaired) electrons. The van der Waals surface area contributed by atoms with Gasteiger partial charge in [-0.15, -0.1) is 4.68 Å². The normalized spacial score (nSPS) is 10.3. The smallest absolute Gasteiger partial charge is 0.390 e. The minimum atomic E-state index is -0.766. The molecule has 2 aromatic heterocycles. The van der Waals surface area contributed by atoms with E-state index >= 15 is 0 Å². The molecule has 0 aliphatic heterocycles. The van der Waals surface area contributed by atoms with E-state index < -0.39 is 16.4 Å². The van der Waals surface area contributed by atoms with Gasteiger partial charge >= 0.3 is 5.95 Å². The van der Waals surface area contributed by atoms with Crippen LogP contribution in [0.3, 0.4) is 0 Å². The molecule has 0 atom stereocenters. The third-order valence-electron chi connectivity index (χ3n) is 1.64. The van der Waals surface area contributed by atoms with E-state index in [1.807, 2.05) is 0 Å². The molecule has 16 heavy (non-hydrogen) atoms. The number of hydrogen-bond donors (Lipinski definition) is 1. The topological polar surface area (TPSA) is 120 Å². The molecule has 0 spiro atoms. The van der Waals surface area contributed by atoms with Crippen LogP contribution in [0.25, 0.3) is 5.82 Å². The third-order valence-corrected chi connectivity index (χ3v) is 1.98. The molecule has 0 fully saturated rings. The van der Waals surface area contributed by atoms with Crippen molar-refractivity contribution in [2.24, 2.45) is 0 Å². The molecular weight excluding hydrogens is 240 g/mol. The fourth-order valence-electron chi connectivity index (χ4n) is 0.973. The standard InChI is InChI=1S/C6H3ClN6O3/c7-3-4(8-1-9-5(3)14)12-2-10-6(11-12)13(15)16/h1-2H,(H,8,9,14). The maximum absolute atomic E-state index is 11.1. The van der Waals surface area contributed by atoms with E-state index in [9.17, 15) is 14.9 Å². The largest absolute Gasteiger partial charge is 0.491 e. The number of rotatable bonds is 2. The number of nitrogens with one attached hydrogen (secondary N) is 1. The van der Waals surface area contributed by atoms with Gasteiger partial charge < -0.3 is 15.1 Å². The molecule has 0 aliphatic rings. The first-order chi connectivity index (χ1) is 7.59. The van der Waals surface area contributed by atoms with Crippen molar-refractivity contribution >= 4 is 17.5 Å². The Morgan fingerprint density at radius 3 is 2.88 bits per heavy atom. The molecule has 0 saturated carbocycles. The minimum absolute atomic E-state index is 0.0222. The monoisotopic (exact) mass is 242 g/mol. The van der Waals surface area contributed by atoms with Gasteiger partial charge in [-0.05, 0) is 4.92 Å². The van der Waals surface area contributed by atoms with E-state index in [4.69, 9.17) is 11.6 Å². The summed E-state index contributed by atoms with van der Waals surface area (Å²) in [6.07, 6.45) is 2.16. The summed E-state index contributed by atoms with van der Waals surface area (Å²) in [6.45, 7) is 0. The Hall–Kier alpha value is -2.29. The van der Waals surface area contributed by atoms with E-state index in [-0.39, 0.29) is 10.8 Å². The lowest BCUT2D eigenvalue weighted by molar-refractivity contribution is -0.394. The van der Waals surface area contributed by atoms with Gasteiger partial charge in [0.15, 0.2) is 10.8 Å². The molecule has 10 heteroatoms. The number of aromatic nitrogens is 5. The summed E-state index contributed by atoms with van der Waals surface area (Å²) in [5, 5.41) is 13.6. The molecule has 2 rings (SSSR count). The fraction of sp³-hybridized carbons (Fsp3) is 0. The second-order valence-corrected chi connectivity index (χ2v) is 2.99. The molecule has 0 unspecified atom stereocenters. The van der Waals surface area contributed by atoms with E-state index in [0.717, 1.165) is 17.3 Å². The van der Waals surface area contributed by atoms with Crippen LogP contribution in [0.15, 0.2) is 17.4 Å². The highest BCUT2D eigenvalue weighted by molar-refractivity contribution is 6.31. The van der Waals surface area contributed by atoms with Gasteiger partial charge in [-0.25, -0.2) is 4.98 Å². The van der Waals surface area contributed by atoms with Gasteiger partial charge in [0, 0.05) is 5.10 Å². The van der Waals surface area contributed by atoms with Gasteiger partial charge in [0.25, 0.3) is 5.56 Å². The molecule has 0 bridgehead atoms. The van der Waals surface area contributed by atoms with E-state index in [1.54, 1.807) is 0 Å². The second-order valence-electron chi connectivity index (χ2n) is 2.62. The Morgan fingerprint density at radius 1 is 1.50 bits per heavy atom. The van der Waals surface area contributed by atoms with E-state index in [0.29, 0.717) is 0 Å². The number of nitro groups is 1. The molecule has 82 valence electrons. The van der Waals surface area contributed by atoms with Crippen LogP contribution in [0.5, 0.6) is 0 Å². The fourth-order valence-corrected chi connectivity index (χ4v) is 1.16. The maximum Gasteiger partial charge on any atom is 0.491 e. The van der Waals surface area contributed by atoms with Gasteiger partial charge in [0.2, 0.25) is 6.33 Å². The summed E-state index contributed by atoms with van der Waals surface area (Å²) < 4.78 is 0.954. The van der Waals surface area contributed by atoms with Crippen LogP contribution in [0.4, 0.5) is 5.95 Å². The molecule has 0 saturated heterocycles. The Balaban J connectivity index is 2.55. The lowest BCUT2D eigenvalue weighted by atomic mass is 10.6. The number of hydrogen-bond acceptors (Lipinski definition) is 6. The molecule has 0 amide bonds. The van der Waals surface area contributed by atoms with Crippen LogP contribution < -0.4 is 5.56 Å². The average Bonchev–Trinajstić information content (AvgIpc) is 2.71. The van der Waals surface area contributed by atoms with Crippen LogP contribution in [0.1, 0.15) is 0 Å². The highest BCUT2D eigenvalue weighted by atomic mass is 35.5. The molecule has 0 aromatic carbocycles. The Kier molecular flexibility index (Phi) is 2.37.